The number of hydrogen-bond acceptors (Lipinski definition) is 1. The van der Waals surface area contributed by atoms with E-state index in [1.54, 1.807) is 6.07 Å². The molecule has 1 aromatic carbocycles. The van der Waals surface area contributed by atoms with Crippen molar-refractivity contribution < 1.29 is 0 Å². The molecule has 0 heterocycles. The molecule has 0 saturated heterocycles. The lowest BCUT2D eigenvalue weighted by Gasteiger charge is -2.39. The quantitative estimate of drug-likeness (QED) is 0.846. The Morgan fingerprint density at radius 1 is 1.33 bits per heavy atom. The Balaban J connectivity index is 1.98. The molecular weight excluding hydrogens is 229 g/mol. The van der Waals surface area contributed by atoms with Crippen LogP contribution in [-0.4, -0.2) is 5.54 Å². The van der Waals surface area contributed by atoms with Crippen LogP contribution in [0.1, 0.15) is 31.7 Å². The van der Waals surface area contributed by atoms with Gasteiger partial charge < -0.3 is 5.32 Å². The van der Waals surface area contributed by atoms with Crippen LogP contribution >= 0.6 is 23.2 Å². The molecule has 1 saturated carbocycles. The summed E-state index contributed by atoms with van der Waals surface area (Å²) in [5, 5.41) is 4.99. The van der Waals surface area contributed by atoms with E-state index >= 15 is 0 Å². The minimum Gasteiger partial charge on any atom is -0.307 e. The molecule has 1 fully saturated rings. The third-order valence-corrected chi connectivity index (χ3v) is 3.76. The van der Waals surface area contributed by atoms with Gasteiger partial charge in [0.05, 0.1) is 0 Å². The first-order valence-corrected chi connectivity index (χ1v) is 6.04. The summed E-state index contributed by atoms with van der Waals surface area (Å²) in [5.41, 5.74) is 1.44. The van der Waals surface area contributed by atoms with Gasteiger partial charge in [-0.2, -0.15) is 0 Å². The van der Waals surface area contributed by atoms with Crippen LogP contribution in [0.5, 0.6) is 0 Å². The molecule has 0 aliphatic heterocycles. The maximum Gasteiger partial charge on any atom is 0.0465 e. The number of halogens is 2. The second kappa shape index (κ2) is 4.32. The summed E-state index contributed by atoms with van der Waals surface area (Å²) in [4.78, 5) is 0. The Kier molecular flexibility index (Phi) is 3.24. The van der Waals surface area contributed by atoms with Gasteiger partial charge in [0, 0.05) is 22.1 Å². The smallest absolute Gasteiger partial charge is 0.0465 e. The zero-order chi connectivity index (χ0) is 10.9. The Morgan fingerprint density at radius 2 is 2.07 bits per heavy atom. The van der Waals surface area contributed by atoms with E-state index in [0.29, 0.717) is 10.6 Å². The van der Waals surface area contributed by atoms with Crippen LogP contribution in [0.3, 0.4) is 0 Å². The molecule has 0 bridgehead atoms. The largest absolute Gasteiger partial charge is 0.307 e. The molecular formula is C12H15Cl2N. The maximum absolute atomic E-state index is 6.10. The van der Waals surface area contributed by atoms with E-state index in [9.17, 15) is 0 Å². The minimum atomic E-state index is 0.322. The van der Waals surface area contributed by atoms with Crippen LogP contribution in [0.25, 0.3) is 0 Å². The number of benzene rings is 1. The highest BCUT2D eigenvalue weighted by Crippen LogP contribution is 2.31. The van der Waals surface area contributed by atoms with Gasteiger partial charge in [-0.15, -0.1) is 0 Å². The fraction of sp³-hybridized carbons (Fsp3) is 0.500. The zero-order valence-electron chi connectivity index (χ0n) is 8.82. The summed E-state index contributed by atoms with van der Waals surface area (Å²) in [6.07, 6.45) is 3.86. The van der Waals surface area contributed by atoms with Crippen molar-refractivity contribution in [3.8, 4) is 0 Å². The molecule has 1 aromatic rings. The van der Waals surface area contributed by atoms with Crippen LogP contribution in [-0.2, 0) is 6.54 Å². The molecule has 2 rings (SSSR count). The number of rotatable bonds is 3. The molecule has 0 radical (unpaired) electrons. The van der Waals surface area contributed by atoms with Crippen molar-refractivity contribution in [3.05, 3.63) is 33.8 Å². The van der Waals surface area contributed by atoms with Gasteiger partial charge in [0.25, 0.3) is 0 Å². The van der Waals surface area contributed by atoms with Crippen LogP contribution in [0.2, 0.25) is 10.0 Å². The van der Waals surface area contributed by atoms with Crippen molar-refractivity contribution in [2.45, 2.75) is 38.3 Å². The molecule has 1 aliphatic rings. The molecule has 1 aliphatic carbocycles. The van der Waals surface area contributed by atoms with E-state index in [-0.39, 0.29) is 0 Å². The van der Waals surface area contributed by atoms with Crippen molar-refractivity contribution in [2.24, 2.45) is 0 Å². The van der Waals surface area contributed by atoms with Crippen LogP contribution in [0.4, 0.5) is 0 Å². The van der Waals surface area contributed by atoms with Gasteiger partial charge in [-0.25, -0.2) is 0 Å². The Labute approximate surface area is 101 Å². The summed E-state index contributed by atoms with van der Waals surface area (Å²) < 4.78 is 0. The second-order valence-electron chi connectivity index (χ2n) is 4.50. The molecule has 0 aromatic heterocycles. The number of nitrogens with one attached hydrogen (secondary N) is 1. The third-order valence-electron chi connectivity index (χ3n) is 3.18. The predicted molar refractivity (Wildman–Crippen MR) is 65.6 cm³/mol. The Morgan fingerprint density at radius 3 is 2.60 bits per heavy atom. The standard InChI is InChI=1S/C12H15Cl2N/c1-12(5-2-6-12)15-8-9-3-4-10(13)7-11(9)14/h3-4,7,15H,2,5-6,8H2,1H3. The maximum atomic E-state index is 6.10. The third kappa shape index (κ3) is 2.66. The predicted octanol–water partition coefficient (Wildman–Crippen LogP) is 4.03. The fourth-order valence-electron chi connectivity index (χ4n) is 1.86. The summed E-state index contributed by atoms with van der Waals surface area (Å²) in [7, 11) is 0. The molecule has 1 N–H and O–H groups in total. The summed E-state index contributed by atoms with van der Waals surface area (Å²) in [6.45, 7) is 3.09. The van der Waals surface area contributed by atoms with E-state index in [1.165, 1.54) is 19.3 Å². The normalized spacial score (nSPS) is 18.6. The molecule has 0 atom stereocenters. The lowest BCUT2D eigenvalue weighted by atomic mass is 9.78. The molecule has 82 valence electrons. The van der Waals surface area contributed by atoms with E-state index < -0.39 is 0 Å². The van der Waals surface area contributed by atoms with Crippen molar-refractivity contribution in [1.82, 2.24) is 5.32 Å². The second-order valence-corrected chi connectivity index (χ2v) is 5.35. The van der Waals surface area contributed by atoms with Crippen molar-refractivity contribution in [3.63, 3.8) is 0 Å². The van der Waals surface area contributed by atoms with E-state index in [2.05, 4.69) is 12.2 Å². The van der Waals surface area contributed by atoms with E-state index in [0.717, 1.165) is 17.1 Å². The highest BCUT2D eigenvalue weighted by Gasteiger charge is 2.30. The van der Waals surface area contributed by atoms with Crippen molar-refractivity contribution in [2.75, 3.05) is 0 Å². The van der Waals surface area contributed by atoms with Crippen molar-refractivity contribution in [1.29, 1.82) is 0 Å². The molecule has 0 amide bonds. The Hall–Kier alpha value is -0.240. The topological polar surface area (TPSA) is 12.0 Å². The molecule has 1 nitrogen and oxygen atoms in total. The SMILES string of the molecule is CC1(NCc2ccc(Cl)cc2Cl)CCC1. The van der Waals surface area contributed by atoms with Crippen LogP contribution in [0, 0.1) is 0 Å². The fourth-order valence-corrected chi connectivity index (χ4v) is 2.33. The van der Waals surface area contributed by atoms with Crippen molar-refractivity contribution >= 4 is 23.2 Å². The number of hydrogen-bond donors (Lipinski definition) is 1. The molecule has 3 heteroatoms. The van der Waals surface area contributed by atoms with Crippen LogP contribution in [0.15, 0.2) is 18.2 Å². The first kappa shape index (κ1) is 11.3. The Bertz CT molecular complexity index is 359. The minimum absolute atomic E-state index is 0.322. The van der Waals surface area contributed by atoms with E-state index in [1.807, 2.05) is 12.1 Å². The van der Waals surface area contributed by atoms with Gasteiger partial charge in [0.15, 0.2) is 0 Å². The summed E-state index contributed by atoms with van der Waals surface area (Å²) in [6, 6.07) is 5.66. The van der Waals surface area contributed by atoms with Gasteiger partial charge in [-0.05, 0) is 43.9 Å². The molecule has 0 spiro atoms. The highest BCUT2D eigenvalue weighted by atomic mass is 35.5. The van der Waals surface area contributed by atoms with Crippen LogP contribution < -0.4 is 5.32 Å². The molecule has 15 heavy (non-hydrogen) atoms. The lowest BCUT2D eigenvalue weighted by Crippen LogP contribution is -2.47. The first-order chi connectivity index (χ1) is 7.09. The van der Waals surface area contributed by atoms with Gasteiger partial charge >= 0.3 is 0 Å². The highest BCUT2D eigenvalue weighted by molar-refractivity contribution is 6.35. The average Bonchev–Trinajstić information content (AvgIpc) is 2.14. The van der Waals surface area contributed by atoms with Gasteiger partial charge in [-0.3, -0.25) is 0 Å². The van der Waals surface area contributed by atoms with E-state index in [4.69, 9.17) is 23.2 Å². The lowest BCUT2D eigenvalue weighted by molar-refractivity contribution is 0.207. The monoisotopic (exact) mass is 243 g/mol. The van der Waals surface area contributed by atoms with Gasteiger partial charge in [-0.1, -0.05) is 29.3 Å². The average molecular weight is 244 g/mol. The summed E-state index contributed by atoms with van der Waals surface area (Å²) in [5.74, 6) is 0. The van der Waals surface area contributed by atoms with Gasteiger partial charge in [0.1, 0.15) is 0 Å². The summed E-state index contributed by atoms with van der Waals surface area (Å²) >= 11 is 11.9. The van der Waals surface area contributed by atoms with Gasteiger partial charge in [0.2, 0.25) is 0 Å². The zero-order valence-corrected chi connectivity index (χ0v) is 10.3. The molecule has 0 unspecified atom stereocenters. The first-order valence-electron chi connectivity index (χ1n) is 5.28.